The minimum atomic E-state index is -1.65. The molecule has 1 atom stereocenters. The number of halogens is 1. The van der Waals surface area contributed by atoms with Crippen LogP contribution in [-0.4, -0.2) is 75.1 Å². The molecule has 1 saturated heterocycles. The second-order valence-corrected chi connectivity index (χ2v) is 11.9. The van der Waals surface area contributed by atoms with Gasteiger partial charge in [0.15, 0.2) is 0 Å². The van der Waals surface area contributed by atoms with E-state index in [0.29, 0.717) is 35.9 Å². The number of ether oxygens (including phenoxy) is 1. The summed E-state index contributed by atoms with van der Waals surface area (Å²) in [4.78, 5) is 30.4. The van der Waals surface area contributed by atoms with Gasteiger partial charge in [0.2, 0.25) is 5.91 Å². The Morgan fingerprint density at radius 2 is 1.86 bits per heavy atom. The minimum absolute atomic E-state index is 0.00681. The van der Waals surface area contributed by atoms with Crippen LogP contribution in [-0.2, 0) is 9.53 Å². The number of carbonyl (C=O) groups excluding carboxylic acids is 2. The van der Waals surface area contributed by atoms with Crippen molar-refractivity contribution in [2.24, 2.45) is 5.92 Å². The molecule has 0 radical (unpaired) electrons. The van der Waals surface area contributed by atoms with Crippen LogP contribution in [0.25, 0.3) is 16.9 Å². The lowest BCUT2D eigenvalue weighted by atomic mass is 9.89. The van der Waals surface area contributed by atoms with E-state index < -0.39 is 17.7 Å². The highest BCUT2D eigenvalue weighted by molar-refractivity contribution is 6.00. The molecule has 0 unspecified atom stereocenters. The van der Waals surface area contributed by atoms with Crippen LogP contribution in [0.2, 0.25) is 0 Å². The molecule has 2 amide bonds. The molecule has 43 heavy (non-hydrogen) atoms. The Bertz CT molecular complexity index is 1500. The highest BCUT2D eigenvalue weighted by Crippen LogP contribution is 2.29. The number of nitrogens with one attached hydrogen (secondary N) is 3. The van der Waals surface area contributed by atoms with Crippen LogP contribution in [0.1, 0.15) is 68.3 Å². The van der Waals surface area contributed by atoms with Gasteiger partial charge in [-0.1, -0.05) is 0 Å². The highest BCUT2D eigenvalue weighted by Gasteiger charge is 2.29. The predicted molar refractivity (Wildman–Crippen MR) is 158 cm³/mol. The van der Waals surface area contributed by atoms with Gasteiger partial charge in [0.05, 0.1) is 52.1 Å². The molecule has 0 spiro atoms. The topological polar surface area (TPSA) is 154 Å². The van der Waals surface area contributed by atoms with E-state index >= 15 is 0 Å². The van der Waals surface area contributed by atoms with Gasteiger partial charge in [0.1, 0.15) is 12.2 Å². The molecule has 0 aromatic carbocycles. The van der Waals surface area contributed by atoms with Crippen molar-refractivity contribution in [1.82, 2.24) is 25.2 Å². The molecule has 12 heteroatoms. The smallest absolute Gasteiger partial charge is 0.255 e. The summed E-state index contributed by atoms with van der Waals surface area (Å²) < 4.78 is 21.4. The van der Waals surface area contributed by atoms with E-state index in [-0.39, 0.29) is 36.0 Å². The van der Waals surface area contributed by atoms with Gasteiger partial charge in [-0.15, -0.1) is 0 Å². The SMILES string of the molecule is CC(C)(O)[C@H](F)CNC(=O)c1cnc(-c2ccc3cc(C#N)cnn23)cc1N[C@H]1CC[C@H](NC(=O)C2CCOCC2)CC1. The Kier molecular flexibility index (Phi) is 9.22. The van der Waals surface area contributed by atoms with Gasteiger partial charge in [0.25, 0.3) is 5.91 Å². The third kappa shape index (κ3) is 7.29. The number of nitriles is 1. The van der Waals surface area contributed by atoms with Crippen LogP contribution < -0.4 is 16.0 Å². The molecule has 228 valence electrons. The summed E-state index contributed by atoms with van der Waals surface area (Å²) in [5, 5.41) is 32.8. The van der Waals surface area contributed by atoms with E-state index in [1.165, 1.54) is 26.2 Å². The molecule has 3 aromatic rings. The van der Waals surface area contributed by atoms with Crippen molar-refractivity contribution in [2.75, 3.05) is 25.1 Å². The van der Waals surface area contributed by atoms with Gasteiger partial charge in [0, 0.05) is 37.4 Å². The molecular formula is C31H38FN7O4. The number of nitrogens with zero attached hydrogens (tertiary/aromatic N) is 4. The van der Waals surface area contributed by atoms with Crippen molar-refractivity contribution in [2.45, 2.75) is 76.2 Å². The van der Waals surface area contributed by atoms with Gasteiger partial charge in [-0.05, 0) is 76.6 Å². The van der Waals surface area contributed by atoms with Crippen LogP contribution >= 0.6 is 0 Å². The fraction of sp³-hybridized carbons (Fsp3) is 0.516. The van der Waals surface area contributed by atoms with E-state index in [9.17, 15) is 24.3 Å². The number of hydrogen-bond donors (Lipinski definition) is 4. The quantitative estimate of drug-likeness (QED) is 0.295. The van der Waals surface area contributed by atoms with Gasteiger partial charge in [-0.2, -0.15) is 10.4 Å². The van der Waals surface area contributed by atoms with E-state index in [2.05, 4.69) is 32.1 Å². The molecule has 2 fully saturated rings. The van der Waals surface area contributed by atoms with Crippen molar-refractivity contribution in [3.8, 4) is 17.5 Å². The molecular weight excluding hydrogens is 553 g/mol. The number of aliphatic hydroxyl groups is 1. The lowest BCUT2D eigenvalue weighted by molar-refractivity contribution is -0.128. The van der Waals surface area contributed by atoms with E-state index in [1.54, 1.807) is 16.6 Å². The average molecular weight is 592 g/mol. The number of fused-ring (bicyclic) bond motifs is 1. The summed E-state index contributed by atoms with van der Waals surface area (Å²) >= 11 is 0. The molecule has 3 aromatic heterocycles. The standard InChI is InChI=1S/C31H38FN7O4/c1-31(2,42)28(32)18-35-30(41)24-17-34-26(27-8-7-23-13-19(15-33)16-36-39(23)27)14-25(24)37-21-3-5-22(6-4-21)38-29(40)20-9-11-43-12-10-20/h7-8,13-14,16-17,20-22,28,42H,3-6,9-12,18H2,1-2H3,(H,34,37)(H,35,41)(H,38,40)/t21-,22-,28-/m1/s1. The second-order valence-electron chi connectivity index (χ2n) is 11.9. The maximum absolute atomic E-state index is 14.4. The number of pyridine rings is 1. The number of hydrogen-bond acceptors (Lipinski definition) is 8. The van der Waals surface area contributed by atoms with Crippen molar-refractivity contribution in [3.05, 3.63) is 47.8 Å². The van der Waals surface area contributed by atoms with Crippen LogP contribution in [0.5, 0.6) is 0 Å². The zero-order chi connectivity index (χ0) is 30.6. The Hall–Kier alpha value is -4.08. The fourth-order valence-corrected chi connectivity index (χ4v) is 5.56. The first-order valence-corrected chi connectivity index (χ1v) is 14.8. The maximum atomic E-state index is 14.4. The zero-order valence-corrected chi connectivity index (χ0v) is 24.5. The fourth-order valence-electron chi connectivity index (χ4n) is 5.56. The Morgan fingerprint density at radius 1 is 1.14 bits per heavy atom. The Balaban J connectivity index is 1.33. The van der Waals surface area contributed by atoms with Gasteiger partial charge in [-0.25, -0.2) is 8.91 Å². The van der Waals surface area contributed by atoms with Crippen LogP contribution in [0.4, 0.5) is 10.1 Å². The predicted octanol–water partition coefficient (Wildman–Crippen LogP) is 3.37. The van der Waals surface area contributed by atoms with E-state index in [1.807, 2.05) is 12.1 Å². The minimum Gasteiger partial charge on any atom is -0.387 e. The van der Waals surface area contributed by atoms with Crippen LogP contribution in [0.15, 0.2) is 36.7 Å². The Morgan fingerprint density at radius 3 is 2.56 bits per heavy atom. The van der Waals surface area contributed by atoms with Crippen molar-refractivity contribution >= 4 is 23.0 Å². The number of alkyl halides is 1. The first-order chi connectivity index (χ1) is 20.6. The number of rotatable bonds is 9. The molecule has 1 saturated carbocycles. The summed E-state index contributed by atoms with van der Waals surface area (Å²) in [5.41, 5.74) is 1.62. The van der Waals surface area contributed by atoms with Crippen molar-refractivity contribution in [1.29, 1.82) is 5.26 Å². The number of amides is 2. The summed E-state index contributed by atoms with van der Waals surface area (Å²) in [6.45, 7) is 3.60. The zero-order valence-electron chi connectivity index (χ0n) is 24.5. The summed E-state index contributed by atoms with van der Waals surface area (Å²) in [7, 11) is 0. The highest BCUT2D eigenvalue weighted by atomic mass is 19.1. The average Bonchev–Trinajstić information content (AvgIpc) is 3.44. The molecule has 11 nitrogen and oxygen atoms in total. The van der Waals surface area contributed by atoms with E-state index in [0.717, 1.165) is 44.0 Å². The molecule has 0 bridgehead atoms. The first-order valence-electron chi connectivity index (χ1n) is 14.8. The second kappa shape index (κ2) is 13.1. The van der Waals surface area contributed by atoms with Crippen LogP contribution in [0, 0.1) is 17.2 Å². The third-order valence-electron chi connectivity index (χ3n) is 8.27. The molecule has 4 N–H and O–H groups in total. The largest absolute Gasteiger partial charge is 0.387 e. The van der Waals surface area contributed by atoms with Crippen molar-refractivity contribution < 1.29 is 23.8 Å². The van der Waals surface area contributed by atoms with Crippen molar-refractivity contribution in [3.63, 3.8) is 0 Å². The number of aromatic nitrogens is 3. The maximum Gasteiger partial charge on any atom is 0.255 e. The van der Waals surface area contributed by atoms with E-state index in [4.69, 9.17) is 4.74 Å². The van der Waals surface area contributed by atoms with Gasteiger partial charge < -0.3 is 25.8 Å². The summed E-state index contributed by atoms with van der Waals surface area (Å²) in [5.74, 6) is -0.403. The Labute approximate surface area is 249 Å². The monoisotopic (exact) mass is 591 g/mol. The van der Waals surface area contributed by atoms with Gasteiger partial charge in [-0.3, -0.25) is 14.6 Å². The third-order valence-corrected chi connectivity index (χ3v) is 8.27. The number of anilines is 1. The first kappa shape index (κ1) is 30.4. The molecule has 1 aliphatic heterocycles. The summed E-state index contributed by atoms with van der Waals surface area (Å²) in [6, 6.07) is 9.42. The normalized spacial score (nSPS) is 20.3. The number of carbonyl (C=O) groups is 2. The molecule has 5 rings (SSSR count). The van der Waals surface area contributed by atoms with Crippen LogP contribution in [0.3, 0.4) is 0 Å². The lowest BCUT2D eigenvalue weighted by Gasteiger charge is -2.32. The molecule has 2 aliphatic rings. The lowest BCUT2D eigenvalue weighted by Crippen LogP contribution is -2.44. The summed E-state index contributed by atoms with van der Waals surface area (Å²) in [6.07, 6.45) is 5.96. The van der Waals surface area contributed by atoms with Gasteiger partial charge >= 0.3 is 0 Å². The molecule has 1 aliphatic carbocycles. The molecule has 4 heterocycles.